The van der Waals surface area contributed by atoms with Gasteiger partial charge in [0.1, 0.15) is 4.21 Å². The van der Waals surface area contributed by atoms with Crippen LogP contribution >= 0.6 is 11.3 Å². The fourth-order valence-corrected chi connectivity index (χ4v) is 4.57. The van der Waals surface area contributed by atoms with Crippen LogP contribution in [-0.4, -0.2) is 38.0 Å². The number of benzene rings is 1. The Hall–Kier alpha value is -2.03. The Bertz CT molecular complexity index is 828. The second-order valence-electron chi connectivity index (χ2n) is 5.54. The van der Waals surface area contributed by atoms with E-state index < -0.39 is 10.0 Å². The number of amides is 1. The minimum Gasteiger partial charge on any atom is -0.326 e. The molecule has 134 valence electrons. The van der Waals surface area contributed by atoms with Crippen molar-refractivity contribution in [1.82, 2.24) is 4.31 Å². The first kappa shape index (κ1) is 19.3. The van der Waals surface area contributed by atoms with E-state index in [0.717, 1.165) is 0 Å². The zero-order chi connectivity index (χ0) is 18.4. The van der Waals surface area contributed by atoms with E-state index in [-0.39, 0.29) is 24.7 Å². The van der Waals surface area contributed by atoms with Gasteiger partial charge in [0, 0.05) is 31.3 Å². The van der Waals surface area contributed by atoms with Crippen LogP contribution in [0.15, 0.2) is 46.0 Å². The van der Waals surface area contributed by atoms with Crippen molar-refractivity contribution < 1.29 is 18.0 Å². The summed E-state index contributed by atoms with van der Waals surface area (Å²) in [7, 11) is -1.97. The number of carbonyl (C=O) groups excluding carboxylic acids is 2. The van der Waals surface area contributed by atoms with Gasteiger partial charge in [-0.1, -0.05) is 6.07 Å². The number of hydrogen-bond acceptors (Lipinski definition) is 5. The molecule has 2 aromatic rings. The van der Waals surface area contributed by atoms with Gasteiger partial charge in [-0.05, 0) is 49.1 Å². The maximum absolute atomic E-state index is 12.3. The topological polar surface area (TPSA) is 83.6 Å². The van der Waals surface area contributed by atoms with Crippen molar-refractivity contribution in [2.24, 2.45) is 0 Å². The molecule has 0 aliphatic rings. The molecular weight excluding hydrogens is 360 g/mol. The molecule has 0 spiro atoms. The van der Waals surface area contributed by atoms with Gasteiger partial charge in [0.2, 0.25) is 5.91 Å². The number of rotatable bonds is 8. The summed E-state index contributed by atoms with van der Waals surface area (Å²) in [6.45, 7) is 1.74. The molecule has 0 aliphatic carbocycles. The molecule has 0 atom stereocenters. The van der Waals surface area contributed by atoms with Gasteiger partial charge in [-0.2, -0.15) is 0 Å². The van der Waals surface area contributed by atoms with Crippen molar-refractivity contribution in [3.05, 3.63) is 47.3 Å². The molecule has 1 aromatic carbocycles. The third-order valence-electron chi connectivity index (χ3n) is 3.61. The van der Waals surface area contributed by atoms with Crippen LogP contribution in [0.1, 0.15) is 30.1 Å². The molecule has 1 N–H and O–H groups in total. The van der Waals surface area contributed by atoms with E-state index in [0.29, 0.717) is 21.9 Å². The zero-order valence-corrected chi connectivity index (χ0v) is 15.7. The third kappa shape index (κ3) is 5.22. The Labute approximate surface area is 151 Å². The number of sulfonamides is 1. The zero-order valence-electron chi connectivity index (χ0n) is 14.1. The second kappa shape index (κ2) is 8.37. The molecule has 0 saturated carbocycles. The monoisotopic (exact) mass is 380 g/mol. The summed E-state index contributed by atoms with van der Waals surface area (Å²) in [6.07, 6.45) is 0.622. The number of Topliss-reactive ketones (excluding diaryl/α,β-unsaturated/α-hetero) is 1. The predicted molar refractivity (Wildman–Crippen MR) is 98.4 cm³/mol. The average molecular weight is 380 g/mol. The highest BCUT2D eigenvalue weighted by Crippen LogP contribution is 2.20. The molecule has 1 amide bonds. The first-order chi connectivity index (χ1) is 11.8. The maximum atomic E-state index is 12.3. The highest BCUT2D eigenvalue weighted by Gasteiger charge is 2.21. The van der Waals surface area contributed by atoms with Gasteiger partial charge in [0.25, 0.3) is 10.0 Å². The van der Waals surface area contributed by atoms with Gasteiger partial charge >= 0.3 is 0 Å². The van der Waals surface area contributed by atoms with E-state index in [1.165, 1.54) is 29.6 Å². The molecule has 0 radical (unpaired) electrons. The number of carbonyl (C=O) groups is 2. The van der Waals surface area contributed by atoms with Gasteiger partial charge < -0.3 is 5.32 Å². The Morgan fingerprint density at radius 2 is 1.84 bits per heavy atom. The van der Waals surface area contributed by atoms with Gasteiger partial charge in [0.05, 0.1) is 0 Å². The van der Waals surface area contributed by atoms with Gasteiger partial charge in [-0.25, -0.2) is 12.7 Å². The molecule has 8 heteroatoms. The van der Waals surface area contributed by atoms with Crippen molar-refractivity contribution in [2.75, 3.05) is 18.9 Å². The average Bonchev–Trinajstić information content (AvgIpc) is 3.10. The number of thiophene rings is 1. The fourth-order valence-electron chi connectivity index (χ4n) is 2.16. The molecular formula is C17H20N2O4S2. The van der Waals surface area contributed by atoms with Crippen LogP contribution in [0.5, 0.6) is 0 Å². The minimum absolute atomic E-state index is 0.0344. The summed E-state index contributed by atoms with van der Waals surface area (Å²) in [4.78, 5) is 23.2. The normalized spacial score (nSPS) is 11.5. The van der Waals surface area contributed by atoms with Crippen LogP contribution in [0.3, 0.4) is 0 Å². The molecule has 25 heavy (non-hydrogen) atoms. The van der Waals surface area contributed by atoms with Crippen LogP contribution in [-0.2, 0) is 14.8 Å². The molecule has 0 fully saturated rings. The van der Waals surface area contributed by atoms with Gasteiger partial charge in [-0.3, -0.25) is 9.59 Å². The van der Waals surface area contributed by atoms with E-state index in [1.54, 1.807) is 41.8 Å². The van der Waals surface area contributed by atoms with E-state index in [2.05, 4.69) is 5.32 Å². The SMILES string of the molecule is CC(=O)c1ccc(NC(=O)CCCN(C)S(=O)(=O)c2cccs2)cc1. The highest BCUT2D eigenvalue weighted by atomic mass is 32.2. The Balaban J connectivity index is 1.81. The number of nitrogens with zero attached hydrogens (tertiary/aromatic N) is 1. The van der Waals surface area contributed by atoms with Crippen molar-refractivity contribution >= 4 is 38.7 Å². The van der Waals surface area contributed by atoms with E-state index in [4.69, 9.17) is 0 Å². The van der Waals surface area contributed by atoms with Crippen molar-refractivity contribution in [2.45, 2.75) is 24.0 Å². The van der Waals surface area contributed by atoms with Crippen molar-refractivity contribution in [1.29, 1.82) is 0 Å². The van der Waals surface area contributed by atoms with Crippen LogP contribution in [0.25, 0.3) is 0 Å². The molecule has 0 saturated heterocycles. The molecule has 0 bridgehead atoms. The van der Waals surface area contributed by atoms with Crippen molar-refractivity contribution in [3.63, 3.8) is 0 Å². The van der Waals surface area contributed by atoms with Gasteiger partial charge in [0.15, 0.2) is 5.78 Å². The van der Waals surface area contributed by atoms with Crippen LogP contribution < -0.4 is 5.32 Å². The Morgan fingerprint density at radius 1 is 1.16 bits per heavy atom. The molecule has 6 nitrogen and oxygen atoms in total. The summed E-state index contributed by atoms with van der Waals surface area (Å²) in [5.74, 6) is -0.231. The largest absolute Gasteiger partial charge is 0.326 e. The Morgan fingerprint density at radius 3 is 2.40 bits per heavy atom. The molecule has 0 aliphatic heterocycles. The smallest absolute Gasteiger partial charge is 0.252 e. The summed E-state index contributed by atoms with van der Waals surface area (Å²) < 4.78 is 26.1. The lowest BCUT2D eigenvalue weighted by atomic mass is 10.1. The fraction of sp³-hybridized carbons (Fsp3) is 0.294. The van der Waals surface area contributed by atoms with E-state index >= 15 is 0 Å². The van der Waals surface area contributed by atoms with Crippen LogP contribution in [0.2, 0.25) is 0 Å². The Kier molecular flexibility index (Phi) is 6.46. The standard InChI is InChI=1S/C17H20N2O4S2/c1-13(20)14-7-9-15(10-8-14)18-16(21)5-3-11-19(2)25(22,23)17-6-4-12-24-17/h4,6-10,12H,3,5,11H2,1-2H3,(H,18,21). The molecule has 1 aromatic heterocycles. The minimum atomic E-state index is -3.48. The highest BCUT2D eigenvalue weighted by molar-refractivity contribution is 7.91. The maximum Gasteiger partial charge on any atom is 0.252 e. The third-order valence-corrected chi connectivity index (χ3v) is 6.84. The summed E-state index contributed by atoms with van der Waals surface area (Å²) in [5.41, 5.74) is 1.19. The number of nitrogens with one attached hydrogen (secondary N) is 1. The summed E-state index contributed by atoms with van der Waals surface area (Å²) in [5, 5.41) is 4.45. The first-order valence-electron chi connectivity index (χ1n) is 7.71. The quantitative estimate of drug-likeness (QED) is 0.714. The molecule has 2 rings (SSSR count). The lowest BCUT2D eigenvalue weighted by Gasteiger charge is -2.15. The number of ketones is 1. The van der Waals surface area contributed by atoms with Crippen LogP contribution in [0, 0.1) is 0 Å². The van der Waals surface area contributed by atoms with Gasteiger partial charge in [-0.15, -0.1) is 11.3 Å². The lowest BCUT2D eigenvalue weighted by molar-refractivity contribution is -0.116. The molecule has 1 heterocycles. The van der Waals surface area contributed by atoms with E-state index in [1.807, 2.05) is 0 Å². The lowest BCUT2D eigenvalue weighted by Crippen LogP contribution is -2.28. The first-order valence-corrected chi connectivity index (χ1v) is 10.0. The second-order valence-corrected chi connectivity index (χ2v) is 8.76. The van der Waals surface area contributed by atoms with Crippen LogP contribution in [0.4, 0.5) is 5.69 Å². The number of hydrogen-bond donors (Lipinski definition) is 1. The predicted octanol–water partition coefficient (Wildman–Crippen LogP) is 2.99. The van der Waals surface area contributed by atoms with E-state index in [9.17, 15) is 18.0 Å². The molecule has 0 unspecified atom stereocenters. The summed E-state index contributed by atoms with van der Waals surface area (Å²) >= 11 is 1.17. The number of anilines is 1. The van der Waals surface area contributed by atoms with Crippen molar-refractivity contribution in [3.8, 4) is 0 Å². The summed E-state index contributed by atoms with van der Waals surface area (Å²) in [6, 6.07) is 9.90.